The third-order valence-corrected chi connectivity index (χ3v) is 3.69. The number of hydrogen-bond donors (Lipinski definition) is 1. The lowest BCUT2D eigenvalue weighted by Crippen LogP contribution is -1.95. The predicted octanol–water partition coefficient (Wildman–Crippen LogP) is 2.36. The Bertz CT molecular complexity index is 716. The maximum absolute atomic E-state index is 5.63. The van der Waals surface area contributed by atoms with E-state index in [0.29, 0.717) is 0 Å². The van der Waals surface area contributed by atoms with Crippen molar-refractivity contribution in [1.29, 1.82) is 0 Å². The molecule has 0 fully saturated rings. The zero-order valence-electron chi connectivity index (χ0n) is 10.0. The van der Waals surface area contributed by atoms with Crippen molar-refractivity contribution in [3.05, 3.63) is 29.1 Å². The number of nitrogens with zero attached hydrogens (tertiary/aromatic N) is 3. The number of thiazole rings is 1. The number of ether oxygens (including phenoxy) is 1. The van der Waals surface area contributed by atoms with Gasteiger partial charge in [0.05, 0.1) is 12.8 Å². The van der Waals surface area contributed by atoms with E-state index in [-0.39, 0.29) is 5.95 Å². The number of methoxy groups -OCH3 is 1. The summed E-state index contributed by atoms with van der Waals surface area (Å²) in [5.41, 5.74) is 7.61. The molecule has 0 spiro atoms. The Labute approximate surface area is 108 Å². The molecule has 0 atom stereocenters. The molecule has 0 bridgehead atoms. The number of nitrogen functional groups attached to an aromatic ring is 1. The standard InChI is InChI=1S/C12H12N4OS/c1-7-10(8-5-3-4-6-9(8)17-2)16-12(18-7)14-11(13)15-16/h3-6H,1-2H3,(H2,13,15). The molecule has 2 N–H and O–H groups in total. The molecule has 0 aliphatic carbocycles. The van der Waals surface area contributed by atoms with Crippen LogP contribution in [0.3, 0.4) is 0 Å². The summed E-state index contributed by atoms with van der Waals surface area (Å²) in [6, 6.07) is 7.85. The van der Waals surface area contributed by atoms with Gasteiger partial charge in [-0.3, -0.25) is 0 Å². The molecule has 0 aliphatic rings. The molecule has 3 aromatic rings. The zero-order chi connectivity index (χ0) is 12.7. The van der Waals surface area contributed by atoms with E-state index >= 15 is 0 Å². The largest absolute Gasteiger partial charge is 0.496 e. The van der Waals surface area contributed by atoms with Crippen LogP contribution < -0.4 is 10.5 Å². The van der Waals surface area contributed by atoms with Gasteiger partial charge in [-0.25, -0.2) is 4.52 Å². The average molecular weight is 260 g/mol. The Morgan fingerprint density at radius 3 is 2.89 bits per heavy atom. The van der Waals surface area contributed by atoms with E-state index in [1.54, 1.807) is 23.0 Å². The van der Waals surface area contributed by atoms with E-state index in [9.17, 15) is 0 Å². The van der Waals surface area contributed by atoms with Crippen molar-refractivity contribution in [2.75, 3.05) is 12.8 Å². The van der Waals surface area contributed by atoms with Gasteiger partial charge in [0.25, 0.3) is 0 Å². The molecule has 92 valence electrons. The number of anilines is 1. The van der Waals surface area contributed by atoms with Crippen LogP contribution in [0.5, 0.6) is 5.75 Å². The second-order valence-corrected chi connectivity index (χ2v) is 5.05. The highest BCUT2D eigenvalue weighted by molar-refractivity contribution is 7.17. The number of benzene rings is 1. The third-order valence-electron chi connectivity index (χ3n) is 2.75. The molecule has 5 nitrogen and oxygen atoms in total. The van der Waals surface area contributed by atoms with E-state index in [0.717, 1.165) is 26.8 Å². The fourth-order valence-electron chi connectivity index (χ4n) is 2.00. The quantitative estimate of drug-likeness (QED) is 0.768. The molecular formula is C12H12N4OS. The van der Waals surface area contributed by atoms with Crippen molar-refractivity contribution in [2.24, 2.45) is 0 Å². The highest BCUT2D eigenvalue weighted by atomic mass is 32.1. The number of aryl methyl sites for hydroxylation is 1. The summed E-state index contributed by atoms with van der Waals surface area (Å²) in [7, 11) is 1.66. The summed E-state index contributed by atoms with van der Waals surface area (Å²) >= 11 is 1.57. The van der Waals surface area contributed by atoms with Crippen LogP contribution in [0.25, 0.3) is 16.2 Å². The van der Waals surface area contributed by atoms with Crippen molar-refractivity contribution >= 4 is 22.2 Å². The van der Waals surface area contributed by atoms with Crippen LogP contribution in [-0.4, -0.2) is 21.7 Å². The molecule has 0 amide bonds. The Morgan fingerprint density at radius 1 is 1.33 bits per heavy atom. The second kappa shape index (κ2) is 3.99. The number of fused-ring (bicyclic) bond motifs is 1. The lowest BCUT2D eigenvalue weighted by molar-refractivity contribution is 0.416. The number of rotatable bonds is 2. The molecular weight excluding hydrogens is 248 g/mol. The minimum Gasteiger partial charge on any atom is -0.496 e. The van der Waals surface area contributed by atoms with Gasteiger partial charge >= 0.3 is 0 Å². The molecule has 0 unspecified atom stereocenters. The summed E-state index contributed by atoms with van der Waals surface area (Å²) in [5, 5.41) is 4.22. The summed E-state index contributed by atoms with van der Waals surface area (Å²) in [6.07, 6.45) is 0. The first kappa shape index (κ1) is 11.0. The van der Waals surface area contributed by atoms with Crippen molar-refractivity contribution in [2.45, 2.75) is 6.92 Å². The number of nitrogens with two attached hydrogens (primary N) is 1. The van der Waals surface area contributed by atoms with Gasteiger partial charge in [0, 0.05) is 10.4 Å². The Hall–Kier alpha value is -2.08. The number of aromatic nitrogens is 3. The molecule has 2 aromatic heterocycles. The average Bonchev–Trinajstić information content (AvgIpc) is 2.84. The summed E-state index contributed by atoms with van der Waals surface area (Å²) in [5.74, 6) is 1.10. The molecule has 1 aromatic carbocycles. The van der Waals surface area contributed by atoms with Gasteiger partial charge in [-0.2, -0.15) is 4.98 Å². The highest BCUT2D eigenvalue weighted by Gasteiger charge is 2.17. The molecule has 18 heavy (non-hydrogen) atoms. The van der Waals surface area contributed by atoms with Crippen LogP contribution in [0.4, 0.5) is 5.95 Å². The predicted molar refractivity (Wildman–Crippen MR) is 72.0 cm³/mol. The lowest BCUT2D eigenvalue weighted by atomic mass is 10.1. The van der Waals surface area contributed by atoms with Crippen LogP contribution in [0.15, 0.2) is 24.3 Å². The van der Waals surface area contributed by atoms with E-state index in [1.807, 2.05) is 31.2 Å². The fraction of sp³-hybridized carbons (Fsp3) is 0.167. The first-order valence-corrected chi connectivity index (χ1v) is 6.27. The molecule has 0 radical (unpaired) electrons. The smallest absolute Gasteiger partial charge is 0.241 e. The molecule has 6 heteroatoms. The monoisotopic (exact) mass is 260 g/mol. The van der Waals surface area contributed by atoms with Crippen LogP contribution >= 0.6 is 11.3 Å². The summed E-state index contributed by atoms with van der Waals surface area (Å²) < 4.78 is 7.16. The maximum atomic E-state index is 5.63. The fourth-order valence-corrected chi connectivity index (χ4v) is 2.93. The normalized spacial score (nSPS) is 11.0. The first-order valence-electron chi connectivity index (χ1n) is 5.45. The van der Waals surface area contributed by atoms with Gasteiger partial charge in [0.1, 0.15) is 5.75 Å². The van der Waals surface area contributed by atoms with E-state index < -0.39 is 0 Å². The van der Waals surface area contributed by atoms with Gasteiger partial charge in [-0.05, 0) is 19.1 Å². The van der Waals surface area contributed by atoms with Gasteiger partial charge < -0.3 is 10.5 Å². The van der Waals surface area contributed by atoms with E-state index in [2.05, 4.69) is 10.1 Å². The minimum absolute atomic E-state index is 0.289. The van der Waals surface area contributed by atoms with Gasteiger partial charge in [-0.1, -0.05) is 23.5 Å². The van der Waals surface area contributed by atoms with Crippen molar-refractivity contribution in [1.82, 2.24) is 14.6 Å². The van der Waals surface area contributed by atoms with Crippen molar-refractivity contribution < 1.29 is 4.74 Å². The highest BCUT2D eigenvalue weighted by Crippen LogP contribution is 2.35. The molecule has 0 saturated carbocycles. The van der Waals surface area contributed by atoms with Crippen LogP contribution in [0.1, 0.15) is 4.88 Å². The van der Waals surface area contributed by atoms with Gasteiger partial charge in [-0.15, -0.1) is 5.10 Å². The maximum Gasteiger partial charge on any atom is 0.241 e. The lowest BCUT2D eigenvalue weighted by Gasteiger charge is -2.07. The van der Waals surface area contributed by atoms with Crippen LogP contribution in [0, 0.1) is 6.92 Å². The molecule has 3 rings (SSSR count). The van der Waals surface area contributed by atoms with Gasteiger partial charge in [0.15, 0.2) is 0 Å². The Balaban J connectivity index is 2.33. The van der Waals surface area contributed by atoms with E-state index in [1.165, 1.54) is 0 Å². The second-order valence-electron chi connectivity index (χ2n) is 3.87. The minimum atomic E-state index is 0.289. The third kappa shape index (κ3) is 1.53. The molecule has 2 heterocycles. The Morgan fingerprint density at radius 2 is 2.11 bits per heavy atom. The van der Waals surface area contributed by atoms with Crippen LogP contribution in [0.2, 0.25) is 0 Å². The molecule has 0 aliphatic heterocycles. The summed E-state index contributed by atoms with van der Waals surface area (Å²) in [6.45, 7) is 2.04. The van der Waals surface area contributed by atoms with Crippen molar-refractivity contribution in [3.8, 4) is 17.0 Å². The Kier molecular flexibility index (Phi) is 2.45. The number of para-hydroxylation sites is 1. The van der Waals surface area contributed by atoms with Crippen LogP contribution in [-0.2, 0) is 0 Å². The summed E-state index contributed by atoms with van der Waals surface area (Å²) in [4.78, 5) is 6.11. The number of hydrogen-bond acceptors (Lipinski definition) is 5. The van der Waals surface area contributed by atoms with E-state index in [4.69, 9.17) is 10.5 Å². The van der Waals surface area contributed by atoms with Crippen molar-refractivity contribution in [3.63, 3.8) is 0 Å². The zero-order valence-corrected chi connectivity index (χ0v) is 10.9. The first-order chi connectivity index (χ1) is 8.70. The SMILES string of the molecule is COc1ccccc1-c1c(C)sc2nc(N)nn12. The topological polar surface area (TPSA) is 65.4 Å². The van der Waals surface area contributed by atoms with Gasteiger partial charge in [0.2, 0.25) is 10.9 Å². The molecule has 0 saturated heterocycles.